The largest absolute Gasteiger partial charge is 0.345 e. The fourth-order valence-corrected chi connectivity index (χ4v) is 3.90. The van der Waals surface area contributed by atoms with Gasteiger partial charge in [0.1, 0.15) is 5.40 Å². The van der Waals surface area contributed by atoms with Crippen LogP contribution in [0.2, 0.25) is 0 Å². The molecule has 0 spiro atoms. The molecule has 134 valence electrons. The average molecular weight is 360 g/mol. The Morgan fingerprint density at radius 1 is 1.12 bits per heavy atom. The number of amides is 2. The summed E-state index contributed by atoms with van der Waals surface area (Å²) < 4.78 is 0. The summed E-state index contributed by atoms with van der Waals surface area (Å²) in [6, 6.07) is 6.72. The summed E-state index contributed by atoms with van der Waals surface area (Å²) in [6.45, 7) is 8.36. The van der Waals surface area contributed by atoms with Crippen LogP contribution in [0.4, 0.5) is 5.69 Å². The highest BCUT2D eigenvalue weighted by atomic mass is 32.2. The Kier molecular flexibility index (Phi) is 5.76. The number of rotatable bonds is 3. The molecule has 0 unspecified atom stereocenters. The number of thiocyanates is 1. The second-order valence-corrected chi connectivity index (χ2v) is 8.50. The van der Waals surface area contributed by atoms with Gasteiger partial charge in [0, 0.05) is 27.7 Å². The Bertz CT molecular complexity index is 676. The number of carbonyl (C=O) groups is 2. The van der Waals surface area contributed by atoms with E-state index in [9.17, 15) is 9.59 Å². The zero-order valence-electron chi connectivity index (χ0n) is 15.0. The molecule has 6 nitrogen and oxygen atoms in total. The summed E-state index contributed by atoms with van der Waals surface area (Å²) in [5.41, 5.74) is 0.308. The van der Waals surface area contributed by atoms with Crippen LogP contribution in [0.3, 0.4) is 0 Å². The van der Waals surface area contributed by atoms with E-state index < -0.39 is 11.8 Å². The third-order valence-electron chi connectivity index (χ3n) is 4.01. The summed E-state index contributed by atoms with van der Waals surface area (Å²) >= 11 is 1.04. The van der Waals surface area contributed by atoms with Crippen LogP contribution < -0.4 is 16.0 Å². The number of thioether (sulfide) groups is 1. The van der Waals surface area contributed by atoms with Crippen molar-refractivity contribution in [1.29, 1.82) is 5.26 Å². The number of hydrogen-bond donors (Lipinski definition) is 3. The van der Waals surface area contributed by atoms with E-state index in [2.05, 4.69) is 43.6 Å². The van der Waals surface area contributed by atoms with Gasteiger partial charge in [-0.2, -0.15) is 5.26 Å². The van der Waals surface area contributed by atoms with Crippen LogP contribution in [0, 0.1) is 10.7 Å². The van der Waals surface area contributed by atoms with E-state index in [4.69, 9.17) is 5.26 Å². The minimum absolute atomic E-state index is 0.0566. The Labute approximate surface area is 152 Å². The van der Waals surface area contributed by atoms with Crippen LogP contribution in [0.15, 0.2) is 29.2 Å². The Morgan fingerprint density at radius 3 is 2.20 bits per heavy atom. The van der Waals surface area contributed by atoms with Crippen molar-refractivity contribution in [1.82, 2.24) is 10.6 Å². The van der Waals surface area contributed by atoms with Crippen LogP contribution in [-0.4, -0.2) is 28.9 Å². The van der Waals surface area contributed by atoms with Gasteiger partial charge in [-0.25, -0.2) is 0 Å². The topological polar surface area (TPSA) is 94.0 Å². The van der Waals surface area contributed by atoms with Gasteiger partial charge in [0.25, 0.3) is 0 Å². The Hall–Kier alpha value is -2.04. The van der Waals surface area contributed by atoms with E-state index in [-0.39, 0.29) is 17.1 Å². The molecule has 3 N–H and O–H groups in total. The van der Waals surface area contributed by atoms with Crippen molar-refractivity contribution in [2.75, 3.05) is 5.32 Å². The van der Waals surface area contributed by atoms with Crippen molar-refractivity contribution in [3.8, 4) is 5.40 Å². The number of piperidine rings is 1. The summed E-state index contributed by atoms with van der Waals surface area (Å²) in [6.07, 6.45) is 1.52. The van der Waals surface area contributed by atoms with Gasteiger partial charge in [0.2, 0.25) is 0 Å². The van der Waals surface area contributed by atoms with Crippen LogP contribution in [0.25, 0.3) is 0 Å². The lowest BCUT2D eigenvalue weighted by Crippen LogP contribution is -2.62. The van der Waals surface area contributed by atoms with E-state index >= 15 is 0 Å². The maximum Gasteiger partial charge on any atom is 0.313 e. The lowest BCUT2D eigenvalue weighted by Gasteiger charge is -2.46. The van der Waals surface area contributed by atoms with Crippen LogP contribution >= 0.6 is 11.8 Å². The highest BCUT2D eigenvalue weighted by Crippen LogP contribution is 2.28. The molecule has 1 aromatic carbocycles. The molecule has 1 fully saturated rings. The van der Waals surface area contributed by atoms with Gasteiger partial charge in [-0.05, 0) is 76.6 Å². The first-order chi connectivity index (χ1) is 11.6. The van der Waals surface area contributed by atoms with Crippen molar-refractivity contribution in [2.45, 2.75) is 62.6 Å². The quantitative estimate of drug-likeness (QED) is 0.438. The minimum Gasteiger partial charge on any atom is -0.345 e. The van der Waals surface area contributed by atoms with E-state index in [0.29, 0.717) is 5.69 Å². The second kappa shape index (κ2) is 7.46. The number of benzene rings is 1. The minimum atomic E-state index is -0.685. The molecule has 1 saturated heterocycles. The predicted molar refractivity (Wildman–Crippen MR) is 99.0 cm³/mol. The molecule has 1 heterocycles. The number of nitrogens with zero attached hydrogens (tertiary/aromatic N) is 1. The van der Waals surface area contributed by atoms with E-state index in [1.165, 1.54) is 0 Å². The molecule has 0 aliphatic carbocycles. The molecule has 1 aliphatic rings. The number of hydrogen-bond acceptors (Lipinski definition) is 5. The molecule has 1 aliphatic heterocycles. The summed E-state index contributed by atoms with van der Waals surface area (Å²) in [4.78, 5) is 25.1. The van der Waals surface area contributed by atoms with Gasteiger partial charge in [-0.3, -0.25) is 9.59 Å². The maximum absolute atomic E-state index is 12.2. The van der Waals surface area contributed by atoms with Crippen LogP contribution in [-0.2, 0) is 9.59 Å². The number of carbonyl (C=O) groups excluding carboxylic acids is 2. The summed E-state index contributed by atoms with van der Waals surface area (Å²) in [5, 5.41) is 19.6. The molecule has 0 radical (unpaired) electrons. The molecule has 2 rings (SSSR count). The molecule has 25 heavy (non-hydrogen) atoms. The third-order valence-corrected chi connectivity index (χ3v) is 4.61. The lowest BCUT2D eigenvalue weighted by molar-refractivity contribution is -0.137. The predicted octanol–water partition coefficient (Wildman–Crippen LogP) is 2.62. The standard InChI is InChI=1S/C18H24N4O2S/c1-17(2)9-13(10-18(3,4)22-17)21-16(24)15(23)20-12-5-7-14(8-6-12)25-11-19/h5-8,13,22H,9-10H2,1-4H3,(H,20,23)(H,21,24). The summed E-state index contributed by atoms with van der Waals surface area (Å²) in [7, 11) is 0. The molecule has 7 heteroatoms. The van der Waals surface area contributed by atoms with Crippen molar-refractivity contribution in [3.63, 3.8) is 0 Å². The first-order valence-electron chi connectivity index (χ1n) is 8.17. The zero-order valence-corrected chi connectivity index (χ0v) is 15.8. The molecule has 2 amide bonds. The molecule has 0 saturated carbocycles. The monoisotopic (exact) mass is 360 g/mol. The van der Waals surface area contributed by atoms with Crippen molar-refractivity contribution < 1.29 is 9.59 Å². The average Bonchev–Trinajstić information content (AvgIpc) is 2.46. The SMILES string of the molecule is CC1(C)CC(NC(=O)C(=O)Nc2ccc(SC#N)cc2)CC(C)(C)N1. The molecule has 0 aromatic heterocycles. The fourth-order valence-electron chi connectivity index (χ4n) is 3.52. The molecular weight excluding hydrogens is 336 g/mol. The molecule has 0 atom stereocenters. The Morgan fingerprint density at radius 2 is 1.68 bits per heavy atom. The van der Waals surface area contributed by atoms with Crippen molar-refractivity contribution in [2.24, 2.45) is 0 Å². The third kappa shape index (κ3) is 5.76. The summed E-state index contributed by atoms with van der Waals surface area (Å²) in [5.74, 6) is -1.32. The van der Waals surface area contributed by atoms with Gasteiger partial charge >= 0.3 is 11.8 Å². The number of nitriles is 1. The molecule has 1 aromatic rings. The highest BCUT2D eigenvalue weighted by molar-refractivity contribution is 8.03. The first kappa shape index (κ1) is 19.3. The van der Waals surface area contributed by atoms with Gasteiger partial charge < -0.3 is 16.0 Å². The smallest absolute Gasteiger partial charge is 0.313 e. The van der Waals surface area contributed by atoms with Gasteiger partial charge in [-0.15, -0.1) is 0 Å². The lowest BCUT2D eigenvalue weighted by atomic mass is 9.79. The van der Waals surface area contributed by atoms with E-state index in [1.807, 2.05) is 5.40 Å². The van der Waals surface area contributed by atoms with Crippen LogP contribution in [0.5, 0.6) is 0 Å². The van der Waals surface area contributed by atoms with E-state index in [0.717, 1.165) is 29.5 Å². The fraction of sp³-hybridized carbons (Fsp3) is 0.500. The van der Waals surface area contributed by atoms with Gasteiger partial charge in [0.15, 0.2) is 0 Å². The van der Waals surface area contributed by atoms with Gasteiger partial charge in [0.05, 0.1) is 0 Å². The normalized spacial score (nSPS) is 18.8. The first-order valence-corrected chi connectivity index (χ1v) is 8.99. The van der Waals surface area contributed by atoms with Crippen molar-refractivity contribution >= 4 is 29.3 Å². The molecule has 0 bridgehead atoms. The maximum atomic E-state index is 12.2. The highest BCUT2D eigenvalue weighted by Gasteiger charge is 2.38. The Balaban J connectivity index is 1.94. The van der Waals surface area contributed by atoms with Gasteiger partial charge in [-0.1, -0.05) is 0 Å². The molecular formula is C18H24N4O2S. The number of nitrogens with one attached hydrogen (secondary N) is 3. The number of anilines is 1. The van der Waals surface area contributed by atoms with Crippen LogP contribution in [0.1, 0.15) is 40.5 Å². The zero-order chi connectivity index (χ0) is 18.7. The van der Waals surface area contributed by atoms with E-state index in [1.54, 1.807) is 24.3 Å². The van der Waals surface area contributed by atoms with Crippen molar-refractivity contribution in [3.05, 3.63) is 24.3 Å². The second-order valence-electron chi connectivity index (χ2n) is 7.64.